The first-order valence-corrected chi connectivity index (χ1v) is 6.08. The van der Waals surface area contributed by atoms with Gasteiger partial charge in [-0.05, 0) is 48.5 Å². The van der Waals surface area contributed by atoms with E-state index in [1.165, 1.54) is 34.1 Å². The summed E-state index contributed by atoms with van der Waals surface area (Å²) in [6.45, 7) is 0. The van der Waals surface area contributed by atoms with Crippen molar-refractivity contribution < 1.29 is 15.0 Å². The summed E-state index contributed by atoms with van der Waals surface area (Å²) in [5.74, 6) is 0.308. The van der Waals surface area contributed by atoms with Gasteiger partial charge in [0.15, 0.2) is 0 Å². The molecule has 2 aromatic rings. The van der Waals surface area contributed by atoms with Crippen molar-refractivity contribution in [3.63, 3.8) is 0 Å². The van der Waals surface area contributed by atoms with Crippen LogP contribution < -0.4 is 9.80 Å². The molecule has 2 aromatic carbocycles. The quantitative estimate of drug-likeness (QED) is 0.883. The molecule has 0 saturated heterocycles. The van der Waals surface area contributed by atoms with E-state index < -0.39 is 0 Å². The third kappa shape index (κ3) is 2.83. The highest BCUT2D eigenvalue weighted by molar-refractivity contribution is 6.02. The Kier molecular flexibility index (Phi) is 3.79. The van der Waals surface area contributed by atoms with Crippen LogP contribution in [-0.2, 0) is 0 Å². The summed E-state index contributed by atoms with van der Waals surface area (Å²) < 4.78 is 0. The van der Waals surface area contributed by atoms with E-state index in [0.29, 0.717) is 11.4 Å². The van der Waals surface area contributed by atoms with Crippen molar-refractivity contribution in [2.45, 2.75) is 0 Å². The van der Waals surface area contributed by atoms with E-state index in [0.717, 1.165) is 0 Å². The minimum atomic E-state index is -0.221. The highest BCUT2D eigenvalue weighted by Gasteiger charge is 2.17. The molecule has 0 saturated carbocycles. The molecule has 0 aliphatic carbocycles. The highest BCUT2D eigenvalue weighted by atomic mass is 16.3. The minimum Gasteiger partial charge on any atom is -0.508 e. The van der Waals surface area contributed by atoms with Gasteiger partial charge in [-0.1, -0.05) is 0 Å². The first-order valence-electron chi connectivity index (χ1n) is 6.08. The van der Waals surface area contributed by atoms with Gasteiger partial charge in [0.25, 0.3) is 0 Å². The molecule has 20 heavy (non-hydrogen) atoms. The number of carbonyl (C=O) groups excluding carboxylic acids is 1. The van der Waals surface area contributed by atoms with Gasteiger partial charge in [-0.2, -0.15) is 0 Å². The molecule has 0 unspecified atom stereocenters. The largest absolute Gasteiger partial charge is 0.508 e. The van der Waals surface area contributed by atoms with Crippen LogP contribution in [0.4, 0.5) is 16.2 Å². The summed E-state index contributed by atoms with van der Waals surface area (Å²) >= 11 is 0. The summed E-state index contributed by atoms with van der Waals surface area (Å²) in [7, 11) is 3.32. The van der Waals surface area contributed by atoms with Crippen molar-refractivity contribution in [2.24, 2.45) is 0 Å². The minimum absolute atomic E-state index is 0.154. The molecule has 0 spiro atoms. The van der Waals surface area contributed by atoms with Crippen LogP contribution in [0.3, 0.4) is 0 Å². The summed E-state index contributed by atoms with van der Waals surface area (Å²) in [6, 6.07) is 12.5. The second-order valence-electron chi connectivity index (χ2n) is 4.43. The topological polar surface area (TPSA) is 64.0 Å². The number of phenols is 2. The fraction of sp³-hybridized carbons (Fsp3) is 0.133. The van der Waals surface area contributed by atoms with Crippen LogP contribution in [0, 0.1) is 0 Å². The maximum Gasteiger partial charge on any atom is 0.328 e. The van der Waals surface area contributed by atoms with Gasteiger partial charge in [0.2, 0.25) is 0 Å². The molecule has 0 heterocycles. The maximum atomic E-state index is 12.3. The number of anilines is 2. The van der Waals surface area contributed by atoms with Crippen molar-refractivity contribution in [1.82, 2.24) is 0 Å². The number of amides is 2. The average Bonchev–Trinajstić information content (AvgIpc) is 2.46. The maximum absolute atomic E-state index is 12.3. The molecular weight excluding hydrogens is 256 g/mol. The summed E-state index contributed by atoms with van der Waals surface area (Å²) in [5, 5.41) is 18.5. The van der Waals surface area contributed by atoms with Crippen molar-refractivity contribution in [2.75, 3.05) is 23.9 Å². The van der Waals surface area contributed by atoms with E-state index in [9.17, 15) is 15.0 Å². The van der Waals surface area contributed by atoms with E-state index in [1.807, 2.05) is 0 Å². The zero-order valence-electron chi connectivity index (χ0n) is 11.3. The first kappa shape index (κ1) is 13.7. The molecule has 0 aliphatic rings. The standard InChI is InChI=1S/C15H16N2O3/c1-16(11-3-7-13(18)8-4-11)15(20)17(2)12-5-9-14(19)10-6-12/h3-10,18-19H,1-2H3. The van der Waals surface area contributed by atoms with Crippen LogP contribution in [0.25, 0.3) is 0 Å². The molecule has 2 amide bonds. The van der Waals surface area contributed by atoms with Crippen LogP contribution in [0.5, 0.6) is 11.5 Å². The fourth-order valence-electron chi connectivity index (χ4n) is 1.80. The third-order valence-corrected chi connectivity index (χ3v) is 3.05. The Morgan fingerprint density at radius 3 is 1.35 bits per heavy atom. The summed E-state index contributed by atoms with van der Waals surface area (Å²) in [4.78, 5) is 15.3. The molecule has 0 aliphatic heterocycles. The lowest BCUT2D eigenvalue weighted by atomic mass is 10.2. The second-order valence-corrected chi connectivity index (χ2v) is 4.43. The van der Waals surface area contributed by atoms with Gasteiger partial charge in [0.1, 0.15) is 11.5 Å². The van der Waals surface area contributed by atoms with Gasteiger partial charge >= 0.3 is 6.03 Å². The van der Waals surface area contributed by atoms with Gasteiger partial charge in [0, 0.05) is 25.5 Å². The van der Waals surface area contributed by atoms with Gasteiger partial charge in [-0.25, -0.2) is 4.79 Å². The molecule has 5 nitrogen and oxygen atoms in total. The van der Waals surface area contributed by atoms with Gasteiger partial charge in [0.05, 0.1) is 0 Å². The Balaban J connectivity index is 2.17. The zero-order chi connectivity index (χ0) is 14.7. The van der Waals surface area contributed by atoms with Crippen LogP contribution in [0.1, 0.15) is 0 Å². The van der Waals surface area contributed by atoms with Crippen molar-refractivity contribution >= 4 is 17.4 Å². The lowest BCUT2D eigenvalue weighted by molar-refractivity contribution is 0.253. The first-order chi connectivity index (χ1) is 9.49. The normalized spacial score (nSPS) is 10.1. The molecule has 5 heteroatoms. The number of urea groups is 1. The number of hydrogen-bond donors (Lipinski definition) is 2. The van der Waals surface area contributed by atoms with Gasteiger partial charge in [-0.3, -0.25) is 9.80 Å². The predicted octanol–water partition coefficient (Wildman–Crippen LogP) is 2.79. The van der Waals surface area contributed by atoms with Gasteiger partial charge < -0.3 is 10.2 Å². The fourth-order valence-corrected chi connectivity index (χ4v) is 1.80. The Morgan fingerprint density at radius 2 is 1.05 bits per heavy atom. The molecule has 0 atom stereocenters. The molecule has 0 bridgehead atoms. The number of aromatic hydroxyl groups is 2. The zero-order valence-corrected chi connectivity index (χ0v) is 11.3. The number of benzene rings is 2. The Morgan fingerprint density at radius 1 is 0.750 bits per heavy atom. The van der Waals surface area contributed by atoms with Crippen molar-refractivity contribution in [3.8, 4) is 11.5 Å². The Labute approximate surface area is 117 Å². The Hall–Kier alpha value is -2.69. The predicted molar refractivity (Wildman–Crippen MR) is 78.4 cm³/mol. The molecule has 0 aromatic heterocycles. The third-order valence-electron chi connectivity index (χ3n) is 3.05. The molecule has 2 rings (SSSR count). The lowest BCUT2D eigenvalue weighted by Gasteiger charge is -2.25. The molecular formula is C15H16N2O3. The number of phenolic OH excluding ortho intramolecular Hbond substituents is 2. The van der Waals surface area contributed by atoms with E-state index in [-0.39, 0.29) is 17.5 Å². The van der Waals surface area contributed by atoms with Crippen LogP contribution in [-0.4, -0.2) is 30.3 Å². The van der Waals surface area contributed by atoms with Crippen molar-refractivity contribution in [3.05, 3.63) is 48.5 Å². The highest BCUT2D eigenvalue weighted by Crippen LogP contribution is 2.21. The van der Waals surface area contributed by atoms with E-state index >= 15 is 0 Å². The number of nitrogens with zero attached hydrogens (tertiary/aromatic N) is 2. The smallest absolute Gasteiger partial charge is 0.328 e. The average molecular weight is 272 g/mol. The molecule has 104 valence electrons. The van der Waals surface area contributed by atoms with Crippen molar-refractivity contribution in [1.29, 1.82) is 0 Å². The number of rotatable bonds is 2. The Bertz CT molecular complexity index is 540. The van der Waals surface area contributed by atoms with Gasteiger partial charge in [-0.15, -0.1) is 0 Å². The van der Waals surface area contributed by atoms with E-state index in [4.69, 9.17) is 0 Å². The summed E-state index contributed by atoms with van der Waals surface area (Å²) in [5.41, 5.74) is 1.36. The number of carbonyl (C=O) groups is 1. The van der Waals surface area contributed by atoms with E-state index in [2.05, 4.69) is 0 Å². The van der Waals surface area contributed by atoms with E-state index in [1.54, 1.807) is 38.4 Å². The molecule has 2 N–H and O–H groups in total. The summed E-state index contributed by atoms with van der Waals surface area (Å²) in [6.07, 6.45) is 0. The van der Waals surface area contributed by atoms with Crippen LogP contribution >= 0.6 is 0 Å². The molecule has 0 fully saturated rings. The SMILES string of the molecule is CN(C(=O)N(C)c1ccc(O)cc1)c1ccc(O)cc1. The number of hydrogen-bond acceptors (Lipinski definition) is 3. The second kappa shape index (κ2) is 5.52. The monoisotopic (exact) mass is 272 g/mol. The van der Waals surface area contributed by atoms with Crippen LogP contribution in [0.2, 0.25) is 0 Å². The molecule has 0 radical (unpaired) electrons. The lowest BCUT2D eigenvalue weighted by Crippen LogP contribution is -2.38. The van der Waals surface area contributed by atoms with Crippen LogP contribution in [0.15, 0.2) is 48.5 Å².